The Balaban J connectivity index is 4.09. The molecule has 19 heavy (non-hydrogen) atoms. The predicted octanol–water partition coefficient (Wildman–Crippen LogP) is 1.38. The highest BCUT2D eigenvalue weighted by Gasteiger charge is 2.03. The number of likely N-dealkylation sites (N-methyl/N-ethyl adjacent to an activating group) is 1. The zero-order valence-corrected chi connectivity index (χ0v) is 12.5. The number of hydrogen-bond acceptors (Lipinski definition) is 2. The molecule has 5 nitrogen and oxygen atoms in total. The monoisotopic (exact) mass is 268 g/mol. The van der Waals surface area contributed by atoms with Gasteiger partial charge in [-0.05, 0) is 6.42 Å². The van der Waals surface area contributed by atoms with Crippen LogP contribution in [0.2, 0.25) is 0 Å². The number of aliphatic imine (C=N–C) groups is 1. The first kappa shape index (κ1) is 17.5. The Kier molecular flexibility index (Phi) is 10.6. The summed E-state index contributed by atoms with van der Waals surface area (Å²) in [6, 6.07) is 0. The summed E-state index contributed by atoms with van der Waals surface area (Å²) >= 11 is 0. The summed E-state index contributed by atoms with van der Waals surface area (Å²) < 4.78 is 0. The third-order valence-electron chi connectivity index (χ3n) is 2.61. The van der Waals surface area contributed by atoms with Crippen molar-refractivity contribution >= 4 is 11.9 Å². The van der Waals surface area contributed by atoms with Crippen LogP contribution in [-0.2, 0) is 4.79 Å². The summed E-state index contributed by atoms with van der Waals surface area (Å²) in [7, 11) is 3.46. The molecule has 0 radical (unpaired) electrons. The molecule has 2 N–H and O–H groups in total. The molecule has 0 aromatic rings. The maximum absolute atomic E-state index is 11.5. The van der Waals surface area contributed by atoms with Crippen molar-refractivity contribution in [2.45, 2.75) is 32.6 Å². The molecule has 0 aliphatic rings. The van der Waals surface area contributed by atoms with Crippen LogP contribution >= 0.6 is 0 Å². The molecule has 1 amide bonds. The first-order chi connectivity index (χ1) is 9.11. The molecule has 0 saturated heterocycles. The van der Waals surface area contributed by atoms with Crippen molar-refractivity contribution in [2.24, 2.45) is 4.99 Å². The maximum atomic E-state index is 11.5. The number of carbonyl (C=O) groups excluding carboxylic acids is 1. The molecule has 0 aliphatic heterocycles. The number of carbonyl (C=O) groups is 1. The van der Waals surface area contributed by atoms with Crippen LogP contribution in [0.4, 0.5) is 0 Å². The predicted molar refractivity (Wildman–Crippen MR) is 81.3 cm³/mol. The van der Waals surface area contributed by atoms with Gasteiger partial charge < -0.3 is 15.5 Å². The van der Waals surface area contributed by atoms with Gasteiger partial charge in [0.25, 0.3) is 0 Å². The third-order valence-corrected chi connectivity index (χ3v) is 2.61. The summed E-state index contributed by atoms with van der Waals surface area (Å²) in [4.78, 5) is 17.3. The van der Waals surface area contributed by atoms with Gasteiger partial charge in [0.15, 0.2) is 5.96 Å². The lowest BCUT2D eigenvalue weighted by Gasteiger charge is -2.12. The number of amides is 1. The first-order valence-corrected chi connectivity index (χ1v) is 6.95. The number of nitrogens with zero attached hydrogens (tertiary/aromatic N) is 2. The molecule has 0 saturated carbocycles. The molecule has 0 aromatic heterocycles. The lowest BCUT2D eigenvalue weighted by atomic mass is 10.2. The Hall–Kier alpha value is -1.52. The Morgan fingerprint density at radius 3 is 2.58 bits per heavy atom. The van der Waals surface area contributed by atoms with E-state index in [9.17, 15) is 4.79 Å². The number of guanidine groups is 1. The van der Waals surface area contributed by atoms with Crippen molar-refractivity contribution in [1.82, 2.24) is 15.5 Å². The number of rotatable bonds is 9. The number of unbranched alkanes of at least 4 members (excludes halogenated alkanes) is 3. The second-order valence-corrected chi connectivity index (χ2v) is 4.61. The maximum Gasteiger partial charge on any atom is 0.243 e. The van der Waals surface area contributed by atoms with Gasteiger partial charge in [-0.2, -0.15) is 0 Å². The van der Waals surface area contributed by atoms with Crippen LogP contribution in [0.15, 0.2) is 17.6 Å². The Morgan fingerprint density at radius 1 is 1.26 bits per heavy atom. The number of nitrogens with one attached hydrogen (secondary N) is 2. The number of hydrogen-bond donors (Lipinski definition) is 2. The van der Waals surface area contributed by atoms with Crippen LogP contribution < -0.4 is 10.6 Å². The zero-order chi connectivity index (χ0) is 14.5. The van der Waals surface area contributed by atoms with Gasteiger partial charge in [-0.15, -0.1) is 6.58 Å². The van der Waals surface area contributed by atoms with E-state index in [-0.39, 0.29) is 12.5 Å². The highest BCUT2D eigenvalue weighted by Crippen LogP contribution is 1.96. The fraction of sp³-hybridized carbons (Fsp3) is 0.714. The molecule has 0 heterocycles. The standard InChI is InChI=1S/C14H28N4O/c1-5-7-8-9-11-16-14(15-10-6-2)17-12-13(19)18(3)4/h6H,2,5,7-12H2,1,3-4H3,(H2,15,16,17). The smallest absolute Gasteiger partial charge is 0.243 e. The molecular weight excluding hydrogens is 240 g/mol. The van der Waals surface area contributed by atoms with E-state index in [4.69, 9.17) is 0 Å². The van der Waals surface area contributed by atoms with Gasteiger partial charge >= 0.3 is 0 Å². The summed E-state index contributed by atoms with van der Waals surface area (Å²) in [6.45, 7) is 7.52. The molecule has 5 heteroatoms. The van der Waals surface area contributed by atoms with Crippen LogP contribution in [0.3, 0.4) is 0 Å². The topological polar surface area (TPSA) is 56.7 Å². The van der Waals surface area contributed by atoms with Crippen molar-refractivity contribution in [1.29, 1.82) is 0 Å². The van der Waals surface area contributed by atoms with E-state index in [0.717, 1.165) is 13.0 Å². The van der Waals surface area contributed by atoms with Gasteiger partial charge in [0.1, 0.15) is 6.54 Å². The van der Waals surface area contributed by atoms with Crippen molar-refractivity contribution in [3.8, 4) is 0 Å². The SMILES string of the molecule is C=CCNC(=NCC(=O)N(C)C)NCCCCCC. The lowest BCUT2D eigenvalue weighted by molar-refractivity contribution is -0.127. The third kappa shape index (κ3) is 10.1. The van der Waals surface area contributed by atoms with Gasteiger partial charge in [0.05, 0.1) is 0 Å². The quantitative estimate of drug-likeness (QED) is 0.287. The normalized spacial score (nSPS) is 11.0. The van der Waals surface area contributed by atoms with Crippen molar-refractivity contribution in [2.75, 3.05) is 33.7 Å². The molecule has 0 aliphatic carbocycles. The van der Waals surface area contributed by atoms with E-state index < -0.39 is 0 Å². The summed E-state index contributed by atoms with van der Waals surface area (Å²) in [5.74, 6) is 0.664. The highest BCUT2D eigenvalue weighted by molar-refractivity contribution is 5.84. The van der Waals surface area contributed by atoms with Gasteiger partial charge in [-0.1, -0.05) is 32.3 Å². The molecule has 0 atom stereocenters. The Bertz CT molecular complexity index is 287. The van der Waals surface area contributed by atoms with E-state index in [0.29, 0.717) is 12.5 Å². The van der Waals surface area contributed by atoms with Crippen LogP contribution in [0.1, 0.15) is 32.6 Å². The summed E-state index contributed by atoms with van der Waals surface area (Å²) in [6.07, 6.45) is 6.58. The van der Waals surface area contributed by atoms with Crippen LogP contribution in [0.25, 0.3) is 0 Å². The van der Waals surface area contributed by atoms with E-state index >= 15 is 0 Å². The summed E-state index contributed by atoms with van der Waals surface area (Å²) in [5, 5.41) is 6.33. The van der Waals surface area contributed by atoms with Crippen molar-refractivity contribution in [3.63, 3.8) is 0 Å². The van der Waals surface area contributed by atoms with Crippen LogP contribution in [-0.4, -0.2) is 50.5 Å². The van der Waals surface area contributed by atoms with E-state index in [2.05, 4.69) is 29.1 Å². The fourth-order valence-electron chi connectivity index (χ4n) is 1.39. The summed E-state index contributed by atoms with van der Waals surface area (Å²) in [5.41, 5.74) is 0. The first-order valence-electron chi connectivity index (χ1n) is 6.95. The van der Waals surface area contributed by atoms with Gasteiger partial charge in [0.2, 0.25) is 5.91 Å². The van der Waals surface area contributed by atoms with Crippen LogP contribution in [0, 0.1) is 0 Å². The zero-order valence-electron chi connectivity index (χ0n) is 12.5. The average Bonchev–Trinajstić information content (AvgIpc) is 2.40. The largest absolute Gasteiger partial charge is 0.356 e. The average molecular weight is 268 g/mol. The minimum absolute atomic E-state index is 0.00862. The Labute approximate surface area is 117 Å². The van der Waals surface area contributed by atoms with Gasteiger partial charge in [-0.25, -0.2) is 4.99 Å². The second kappa shape index (κ2) is 11.6. The van der Waals surface area contributed by atoms with E-state index in [1.54, 1.807) is 20.2 Å². The molecular formula is C14H28N4O. The van der Waals surface area contributed by atoms with E-state index in [1.165, 1.54) is 24.2 Å². The molecule has 0 spiro atoms. The van der Waals surface area contributed by atoms with E-state index in [1.807, 2.05) is 0 Å². The minimum atomic E-state index is -0.00862. The van der Waals surface area contributed by atoms with Gasteiger partial charge in [-0.3, -0.25) is 4.79 Å². The highest BCUT2D eigenvalue weighted by atomic mass is 16.2. The molecule has 110 valence electrons. The Morgan fingerprint density at radius 2 is 2.00 bits per heavy atom. The minimum Gasteiger partial charge on any atom is -0.356 e. The molecule has 0 aromatic carbocycles. The molecule has 0 unspecified atom stereocenters. The molecule has 0 bridgehead atoms. The van der Waals surface area contributed by atoms with Crippen LogP contribution in [0.5, 0.6) is 0 Å². The molecule has 0 rings (SSSR count). The molecule has 0 fully saturated rings. The lowest BCUT2D eigenvalue weighted by Crippen LogP contribution is -2.39. The van der Waals surface area contributed by atoms with Crippen molar-refractivity contribution in [3.05, 3.63) is 12.7 Å². The van der Waals surface area contributed by atoms with Gasteiger partial charge in [0, 0.05) is 27.2 Å². The second-order valence-electron chi connectivity index (χ2n) is 4.61. The fourth-order valence-corrected chi connectivity index (χ4v) is 1.39. The van der Waals surface area contributed by atoms with Crippen molar-refractivity contribution < 1.29 is 4.79 Å².